The van der Waals surface area contributed by atoms with Crippen LogP contribution in [0.1, 0.15) is 5.69 Å². The second-order valence-corrected chi connectivity index (χ2v) is 3.27. The van der Waals surface area contributed by atoms with Crippen LogP contribution in [0.15, 0.2) is 28.8 Å². The van der Waals surface area contributed by atoms with Gasteiger partial charge in [0, 0.05) is 11.8 Å². The average molecular weight is 206 g/mol. The van der Waals surface area contributed by atoms with Crippen LogP contribution < -0.4 is 5.73 Å². The highest BCUT2D eigenvalue weighted by molar-refractivity contribution is 5.80. The molecule has 15 heavy (non-hydrogen) atoms. The maximum atomic E-state index is 10.6. The van der Waals surface area contributed by atoms with E-state index < -0.39 is 12.0 Å². The minimum atomic E-state index is -1.04. The molecule has 0 saturated carbocycles. The summed E-state index contributed by atoms with van der Waals surface area (Å²) < 4.78 is 5.03. The van der Waals surface area contributed by atoms with Crippen molar-refractivity contribution in [3.63, 3.8) is 0 Å². The lowest BCUT2D eigenvalue weighted by molar-refractivity contribution is -0.138. The molecule has 0 saturated heterocycles. The lowest BCUT2D eigenvalue weighted by Crippen LogP contribution is -2.32. The molecule has 1 aromatic heterocycles. The first-order valence-corrected chi connectivity index (χ1v) is 4.50. The summed E-state index contributed by atoms with van der Waals surface area (Å²) in [6.07, 6.45) is 0.173. The second-order valence-electron chi connectivity index (χ2n) is 3.27. The third-order valence-electron chi connectivity index (χ3n) is 2.18. The molecular formula is C10H10N2O3. The fraction of sp³-hybridized carbons (Fsp3) is 0.200. The molecule has 1 atom stereocenters. The summed E-state index contributed by atoms with van der Waals surface area (Å²) in [5.41, 5.74) is 6.64. The number of nitrogens with zero attached hydrogens (tertiary/aromatic N) is 1. The van der Waals surface area contributed by atoms with Gasteiger partial charge in [-0.1, -0.05) is 17.3 Å². The van der Waals surface area contributed by atoms with Crippen LogP contribution in [-0.4, -0.2) is 22.3 Å². The van der Waals surface area contributed by atoms with Crippen LogP contribution in [0, 0.1) is 0 Å². The molecule has 0 aliphatic carbocycles. The zero-order valence-electron chi connectivity index (χ0n) is 7.88. The molecule has 0 radical (unpaired) electrons. The van der Waals surface area contributed by atoms with Crippen molar-refractivity contribution in [2.45, 2.75) is 12.5 Å². The number of nitrogens with two attached hydrogens (primary N) is 1. The van der Waals surface area contributed by atoms with E-state index in [0.717, 1.165) is 5.39 Å². The van der Waals surface area contributed by atoms with E-state index in [1.807, 2.05) is 18.2 Å². The monoisotopic (exact) mass is 206 g/mol. The summed E-state index contributed by atoms with van der Waals surface area (Å²) in [6.45, 7) is 0. The number of carboxylic acid groups (broad SMARTS) is 1. The van der Waals surface area contributed by atoms with E-state index in [-0.39, 0.29) is 6.42 Å². The van der Waals surface area contributed by atoms with Gasteiger partial charge in [-0.3, -0.25) is 4.79 Å². The van der Waals surface area contributed by atoms with Crippen LogP contribution in [0.2, 0.25) is 0 Å². The third kappa shape index (κ3) is 1.82. The molecule has 5 nitrogen and oxygen atoms in total. The Labute approximate surface area is 85.5 Å². The van der Waals surface area contributed by atoms with E-state index in [2.05, 4.69) is 5.16 Å². The Balaban J connectivity index is 2.32. The molecule has 0 bridgehead atoms. The smallest absolute Gasteiger partial charge is 0.320 e. The van der Waals surface area contributed by atoms with Gasteiger partial charge in [-0.25, -0.2) is 0 Å². The molecule has 3 N–H and O–H groups in total. The van der Waals surface area contributed by atoms with Gasteiger partial charge in [0.15, 0.2) is 5.58 Å². The van der Waals surface area contributed by atoms with Gasteiger partial charge in [-0.05, 0) is 12.1 Å². The zero-order chi connectivity index (χ0) is 10.8. The number of hydrogen-bond acceptors (Lipinski definition) is 4. The highest BCUT2D eigenvalue weighted by Crippen LogP contribution is 2.18. The molecule has 1 aromatic carbocycles. The van der Waals surface area contributed by atoms with Crippen molar-refractivity contribution in [1.82, 2.24) is 5.16 Å². The van der Waals surface area contributed by atoms with Gasteiger partial charge in [0.05, 0.1) is 5.69 Å². The fourth-order valence-electron chi connectivity index (χ4n) is 1.38. The molecule has 1 unspecified atom stereocenters. The molecule has 78 valence electrons. The predicted octanol–water partition coefficient (Wildman–Crippen LogP) is 0.782. The third-order valence-corrected chi connectivity index (χ3v) is 2.18. The van der Waals surface area contributed by atoms with Crippen LogP contribution in [0.5, 0.6) is 0 Å². The topological polar surface area (TPSA) is 89.4 Å². The average Bonchev–Trinajstić information content (AvgIpc) is 2.62. The normalized spacial score (nSPS) is 12.9. The number of carbonyl (C=O) groups is 1. The summed E-state index contributed by atoms with van der Waals surface area (Å²) in [6, 6.07) is 6.33. The Morgan fingerprint density at radius 3 is 3.00 bits per heavy atom. The lowest BCUT2D eigenvalue weighted by Gasteiger charge is -2.02. The van der Waals surface area contributed by atoms with Gasteiger partial charge in [-0.15, -0.1) is 0 Å². The molecule has 1 heterocycles. The second kappa shape index (κ2) is 3.70. The number of carboxylic acids is 1. The molecule has 0 aliphatic heterocycles. The van der Waals surface area contributed by atoms with Crippen LogP contribution >= 0.6 is 0 Å². The SMILES string of the molecule is NC(Cc1noc2ccccc12)C(=O)O. The number of hydrogen-bond donors (Lipinski definition) is 2. The largest absolute Gasteiger partial charge is 0.480 e. The molecule has 5 heteroatoms. The van der Waals surface area contributed by atoms with Crippen molar-refractivity contribution in [3.8, 4) is 0 Å². The van der Waals surface area contributed by atoms with Gasteiger partial charge in [0.25, 0.3) is 0 Å². The summed E-state index contributed by atoms with van der Waals surface area (Å²) in [4.78, 5) is 10.6. The highest BCUT2D eigenvalue weighted by atomic mass is 16.5. The van der Waals surface area contributed by atoms with Crippen LogP contribution in [0.4, 0.5) is 0 Å². The van der Waals surface area contributed by atoms with Gasteiger partial charge < -0.3 is 15.4 Å². The van der Waals surface area contributed by atoms with E-state index in [4.69, 9.17) is 15.4 Å². The van der Waals surface area contributed by atoms with Gasteiger partial charge in [0.1, 0.15) is 6.04 Å². The van der Waals surface area contributed by atoms with E-state index in [1.165, 1.54) is 0 Å². The first-order chi connectivity index (χ1) is 7.18. The molecular weight excluding hydrogens is 196 g/mol. The quantitative estimate of drug-likeness (QED) is 0.774. The maximum absolute atomic E-state index is 10.6. The van der Waals surface area contributed by atoms with Crippen LogP contribution in [0.25, 0.3) is 11.0 Å². The number of rotatable bonds is 3. The number of aliphatic carboxylic acids is 1. The fourth-order valence-corrected chi connectivity index (χ4v) is 1.38. The van der Waals surface area contributed by atoms with Crippen LogP contribution in [-0.2, 0) is 11.2 Å². The van der Waals surface area contributed by atoms with Crippen molar-refractivity contribution in [1.29, 1.82) is 0 Å². The van der Waals surface area contributed by atoms with Crippen molar-refractivity contribution >= 4 is 16.9 Å². The first kappa shape index (κ1) is 9.67. The van der Waals surface area contributed by atoms with Crippen LogP contribution in [0.3, 0.4) is 0 Å². The van der Waals surface area contributed by atoms with Crippen molar-refractivity contribution in [3.05, 3.63) is 30.0 Å². The standard InChI is InChI=1S/C10H10N2O3/c11-7(10(13)14)5-8-6-3-1-2-4-9(6)15-12-8/h1-4,7H,5,11H2,(H,13,14). The highest BCUT2D eigenvalue weighted by Gasteiger charge is 2.16. The molecule has 2 rings (SSSR count). The molecule has 0 spiro atoms. The Bertz CT molecular complexity index is 492. The van der Waals surface area contributed by atoms with E-state index >= 15 is 0 Å². The van der Waals surface area contributed by atoms with Gasteiger partial charge in [0.2, 0.25) is 0 Å². The number of fused-ring (bicyclic) bond motifs is 1. The lowest BCUT2D eigenvalue weighted by atomic mass is 10.1. The first-order valence-electron chi connectivity index (χ1n) is 4.50. The minimum Gasteiger partial charge on any atom is -0.480 e. The van der Waals surface area contributed by atoms with E-state index in [1.54, 1.807) is 6.07 Å². The summed E-state index contributed by atoms with van der Waals surface area (Å²) >= 11 is 0. The summed E-state index contributed by atoms with van der Waals surface area (Å²) in [7, 11) is 0. The number of benzene rings is 1. The number of para-hydroxylation sites is 1. The Morgan fingerprint density at radius 1 is 1.53 bits per heavy atom. The van der Waals surface area contributed by atoms with Crippen molar-refractivity contribution in [2.24, 2.45) is 5.73 Å². The number of aromatic nitrogens is 1. The Morgan fingerprint density at radius 2 is 2.27 bits per heavy atom. The van der Waals surface area contributed by atoms with Crippen molar-refractivity contribution < 1.29 is 14.4 Å². The summed E-state index contributed by atoms with van der Waals surface area (Å²) in [5, 5.41) is 13.3. The van der Waals surface area contributed by atoms with Crippen molar-refractivity contribution in [2.75, 3.05) is 0 Å². The molecule has 0 aliphatic rings. The molecule has 0 amide bonds. The van der Waals surface area contributed by atoms with E-state index in [9.17, 15) is 4.79 Å². The maximum Gasteiger partial charge on any atom is 0.320 e. The minimum absolute atomic E-state index is 0.173. The summed E-state index contributed by atoms with van der Waals surface area (Å²) in [5.74, 6) is -1.04. The van der Waals surface area contributed by atoms with Gasteiger partial charge in [-0.2, -0.15) is 0 Å². The van der Waals surface area contributed by atoms with Gasteiger partial charge >= 0.3 is 5.97 Å². The molecule has 0 fully saturated rings. The zero-order valence-corrected chi connectivity index (χ0v) is 7.88. The Kier molecular flexibility index (Phi) is 2.39. The van der Waals surface area contributed by atoms with E-state index in [0.29, 0.717) is 11.3 Å². The molecule has 2 aromatic rings. The predicted molar refractivity (Wildman–Crippen MR) is 53.3 cm³/mol. The Hall–Kier alpha value is -1.88.